The third-order valence-corrected chi connectivity index (χ3v) is 7.83. The maximum Gasteiger partial charge on any atom is 0.313 e. The van der Waals surface area contributed by atoms with E-state index in [1.54, 1.807) is 54.4 Å². The summed E-state index contributed by atoms with van der Waals surface area (Å²) in [6.07, 6.45) is 1.75. The van der Waals surface area contributed by atoms with Crippen LogP contribution < -0.4 is 9.50 Å². The lowest BCUT2D eigenvalue weighted by molar-refractivity contribution is 0.485. The molecule has 0 saturated heterocycles. The zero-order valence-corrected chi connectivity index (χ0v) is 22.0. The van der Waals surface area contributed by atoms with Crippen molar-refractivity contribution < 1.29 is 12.6 Å². The lowest BCUT2D eigenvalue weighted by Gasteiger charge is -2.15. The fourth-order valence-electron chi connectivity index (χ4n) is 3.85. The minimum atomic E-state index is -3.75. The third kappa shape index (κ3) is 6.28. The van der Waals surface area contributed by atoms with Crippen molar-refractivity contribution in [3.63, 3.8) is 0 Å². The van der Waals surface area contributed by atoms with Gasteiger partial charge in [0.25, 0.3) is 0 Å². The number of hydrogen-bond acceptors (Lipinski definition) is 7. The Morgan fingerprint density at radius 2 is 1.65 bits per heavy atom. The Morgan fingerprint density at radius 1 is 0.865 bits per heavy atom. The van der Waals surface area contributed by atoms with Gasteiger partial charge in [-0.1, -0.05) is 48.2 Å². The molecule has 0 aliphatic heterocycles. The van der Waals surface area contributed by atoms with Gasteiger partial charge in [0.1, 0.15) is 11.5 Å². The van der Waals surface area contributed by atoms with Gasteiger partial charge in [-0.25, -0.2) is 9.97 Å². The van der Waals surface area contributed by atoms with Crippen LogP contribution in [0.4, 0.5) is 11.4 Å². The van der Waals surface area contributed by atoms with Crippen molar-refractivity contribution >= 4 is 44.3 Å². The Labute approximate surface area is 220 Å². The van der Waals surface area contributed by atoms with E-state index in [1.807, 2.05) is 43.3 Å². The highest BCUT2D eigenvalue weighted by Crippen LogP contribution is 2.37. The Bertz CT molecular complexity index is 1660. The molecule has 0 radical (unpaired) electrons. The van der Waals surface area contributed by atoms with Crippen LogP contribution in [0.1, 0.15) is 16.8 Å². The second kappa shape index (κ2) is 10.6. The van der Waals surface area contributed by atoms with E-state index >= 15 is 0 Å². The molecule has 0 aliphatic rings. The molecular weight excluding hydrogens is 502 g/mol. The molecule has 2 aromatic heterocycles. The second-order valence-corrected chi connectivity index (χ2v) is 11.3. The van der Waals surface area contributed by atoms with E-state index in [1.165, 1.54) is 0 Å². The average molecular weight is 528 g/mol. The number of nitrogens with zero attached hydrogens (tertiary/aromatic N) is 2. The summed E-state index contributed by atoms with van der Waals surface area (Å²) in [5, 5.41) is 4.50. The number of benzene rings is 3. The van der Waals surface area contributed by atoms with Crippen molar-refractivity contribution in [2.24, 2.45) is 0 Å². The zero-order chi connectivity index (χ0) is 25.8. The minimum absolute atomic E-state index is 0.179. The van der Waals surface area contributed by atoms with Gasteiger partial charge in [0.15, 0.2) is 5.65 Å². The third-order valence-electron chi connectivity index (χ3n) is 5.61. The van der Waals surface area contributed by atoms with Gasteiger partial charge in [0, 0.05) is 27.1 Å². The Morgan fingerprint density at radius 3 is 2.43 bits per heavy atom. The first-order valence-electron chi connectivity index (χ1n) is 11.7. The molecule has 0 amide bonds. The Hall–Kier alpha value is -3.88. The molecule has 5 aromatic rings. The topological polar surface area (TPSA) is 81.2 Å². The molecule has 0 saturated carbocycles. The molecule has 5 rings (SSSR count). The van der Waals surface area contributed by atoms with Gasteiger partial charge in [-0.3, -0.25) is 0 Å². The highest BCUT2D eigenvalue weighted by Gasteiger charge is 2.15. The average Bonchev–Trinajstić information content (AvgIpc) is 2.87. The van der Waals surface area contributed by atoms with Crippen LogP contribution in [0.15, 0.2) is 107 Å². The van der Waals surface area contributed by atoms with Gasteiger partial charge in [-0.05, 0) is 79.6 Å². The molecule has 1 N–H and O–H groups in total. The van der Waals surface area contributed by atoms with E-state index < -0.39 is 10.1 Å². The van der Waals surface area contributed by atoms with Gasteiger partial charge < -0.3 is 9.50 Å². The van der Waals surface area contributed by atoms with E-state index in [-0.39, 0.29) is 11.5 Å². The van der Waals surface area contributed by atoms with Crippen LogP contribution in [0.5, 0.6) is 5.75 Å². The number of pyridine rings is 2. The number of anilines is 2. The number of aromatic nitrogens is 2. The number of nitrogens with one attached hydrogen (secondary N) is 1. The molecule has 0 unspecified atom stereocenters. The number of aryl methyl sites for hydroxylation is 2. The second-order valence-electron chi connectivity index (χ2n) is 8.65. The maximum absolute atomic E-state index is 12.5. The molecule has 8 heteroatoms. The van der Waals surface area contributed by atoms with Crippen LogP contribution in [-0.4, -0.2) is 18.4 Å². The van der Waals surface area contributed by atoms with Crippen molar-refractivity contribution in [1.82, 2.24) is 9.97 Å². The first-order valence-corrected chi connectivity index (χ1v) is 14.1. The molecule has 3 aromatic carbocycles. The first kappa shape index (κ1) is 24.8. The molecule has 0 spiro atoms. The van der Waals surface area contributed by atoms with E-state index in [0.29, 0.717) is 11.2 Å². The smallest absolute Gasteiger partial charge is 0.313 e. The summed E-state index contributed by atoms with van der Waals surface area (Å²) < 4.78 is 30.2. The van der Waals surface area contributed by atoms with Crippen LogP contribution in [0.3, 0.4) is 0 Å². The molecule has 2 heterocycles. The number of hydrogen-bond donors (Lipinski definition) is 1. The predicted molar refractivity (Wildman–Crippen MR) is 149 cm³/mol. The van der Waals surface area contributed by atoms with Gasteiger partial charge in [-0.15, -0.1) is 0 Å². The minimum Gasteiger partial charge on any atom is -0.382 e. The molecule has 37 heavy (non-hydrogen) atoms. The van der Waals surface area contributed by atoms with E-state index in [0.717, 1.165) is 37.8 Å². The maximum atomic E-state index is 12.5. The largest absolute Gasteiger partial charge is 0.382 e. The predicted octanol–water partition coefficient (Wildman–Crippen LogP) is 7.05. The summed E-state index contributed by atoms with van der Waals surface area (Å²) in [6, 6.07) is 28.2. The molecule has 0 atom stereocenters. The van der Waals surface area contributed by atoms with Gasteiger partial charge in [0.05, 0.1) is 11.4 Å². The van der Waals surface area contributed by atoms with Crippen molar-refractivity contribution in [2.45, 2.75) is 29.4 Å². The lowest BCUT2D eigenvalue weighted by atomic mass is 10.2. The molecule has 186 valence electrons. The summed E-state index contributed by atoms with van der Waals surface area (Å²) in [5.74, 6) is 0.107. The monoisotopic (exact) mass is 527 g/mol. The van der Waals surface area contributed by atoms with Crippen molar-refractivity contribution in [3.8, 4) is 5.75 Å². The number of rotatable bonds is 8. The molecule has 6 nitrogen and oxygen atoms in total. The first-order chi connectivity index (χ1) is 17.8. The lowest BCUT2D eigenvalue weighted by Crippen LogP contribution is -2.11. The summed E-state index contributed by atoms with van der Waals surface area (Å²) in [6.45, 7) is 4.00. The fourth-order valence-corrected chi connectivity index (χ4v) is 5.80. The van der Waals surface area contributed by atoms with Crippen LogP contribution in [-0.2, 0) is 15.9 Å². The molecular formula is C29H25N3O3S2. The van der Waals surface area contributed by atoms with E-state index in [9.17, 15) is 8.42 Å². The van der Waals surface area contributed by atoms with Crippen LogP contribution in [0.2, 0.25) is 0 Å². The summed E-state index contributed by atoms with van der Waals surface area (Å²) in [5.41, 5.74) is 5.32. The van der Waals surface area contributed by atoms with Crippen molar-refractivity contribution in [2.75, 3.05) is 5.32 Å². The van der Waals surface area contributed by atoms with Crippen LogP contribution >= 0.6 is 11.8 Å². The quantitative estimate of drug-likeness (QED) is 0.217. The van der Waals surface area contributed by atoms with E-state index in [4.69, 9.17) is 4.18 Å². The summed E-state index contributed by atoms with van der Waals surface area (Å²) >= 11 is 1.58. The van der Waals surface area contributed by atoms with Crippen molar-refractivity contribution in [3.05, 3.63) is 114 Å². The Kier molecular flexibility index (Phi) is 7.12. The van der Waals surface area contributed by atoms with Gasteiger partial charge in [0.2, 0.25) is 0 Å². The highest BCUT2D eigenvalue weighted by atomic mass is 32.2. The molecule has 0 aliphatic carbocycles. The highest BCUT2D eigenvalue weighted by molar-refractivity contribution is 7.99. The zero-order valence-electron chi connectivity index (χ0n) is 20.4. The number of fused-ring (bicyclic) bond motifs is 1. The molecule has 0 fully saturated rings. The Balaban J connectivity index is 1.34. The van der Waals surface area contributed by atoms with Gasteiger partial charge in [-0.2, -0.15) is 8.42 Å². The van der Waals surface area contributed by atoms with Crippen LogP contribution in [0, 0.1) is 13.8 Å². The standard InChI is InChI=1S/C29H25N3O3S2/c1-20-8-15-28(27(18-20)32-26-16-17-30-29-25(26)14-9-21(2)31-29)36-24-12-10-23(11-13-24)35-37(33,34)19-22-6-4-3-5-7-22/h3-18H,19H2,1-2H3,(H,30,31,32). The SMILES string of the molecule is Cc1ccc(Sc2ccc(OS(=O)(=O)Cc3ccccc3)cc2)c(Nc2ccnc3nc(C)ccc23)c1. The normalized spacial score (nSPS) is 11.4. The summed E-state index contributed by atoms with van der Waals surface area (Å²) in [4.78, 5) is 10.9. The van der Waals surface area contributed by atoms with Gasteiger partial charge >= 0.3 is 10.1 Å². The molecule has 0 bridgehead atoms. The summed E-state index contributed by atoms with van der Waals surface area (Å²) in [7, 11) is -3.75. The van der Waals surface area contributed by atoms with Crippen molar-refractivity contribution in [1.29, 1.82) is 0 Å². The van der Waals surface area contributed by atoms with Crippen LogP contribution in [0.25, 0.3) is 11.0 Å². The van der Waals surface area contributed by atoms with E-state index in [2.05, 4.69) is 40.4 Å². The fraction of sp³-hybridized carbons (Fsp3) is 0.103.